The fraction of sp³-hybridized carbons (Fsp3) is 0.353. The van der Waals surface area contributed by atoms with Crippen LogP contribution in [-0.4, -0.2) is 30.3 Å². The Bertz CT molecular complexity index is 967. The van der Waals surface area contributed by atoms with Crippen LogP contribution in [-0.2, 0) is 0 Å². The van der Waals surface area contributed by atoms with Gasteiger partial charge in [-0.15, -0.1) is 0 Å². The molecule has 1 aliphatic rings. The number of halogens is 1. The highest BCUT2D eigenvalue weighted by Gasteiger charge is 2.23. The summed E-state index contributed by atoms with van der Waals surface area (Å²) in [5.41, 5.74) is 0.852. The third kappa shape index (κ3) is 3.07. The van der Waals surface area contributed by atoms with Gasteiger partial charge in [-0.1, -0.05) is 19.3 Å². The predicted octanol–water partition coefficient (Wildman–Crippen LogP) is 3.58. The molecule has 3 heterocycles. The first-order chi connectivity index (χ1) is 12.6. The van der Waals surface area contributed by atoms with Gasteiger partial charge < -0.3 is 5.32 Å². The second kappa shape index (κ2) is 6.66. The standard InChI is InChI=1S/C17H17FN6O2/c18-11-6-7-15-19-8-13(23(15)10-11)16-20-9-14(24(25)26)17(22-16)21-12-4-2-1-3-5-12/h6-10,12H,1-5H2,(H,20,21,22). The van der Waals surface area contributed by atoms with Crippen LogP contribution >= 0.6 is 0 Å². The molecular weight excluding hydrogens is 339 g/mol. The molecule has 0 unspecified atom stereocenters. The van der Waals surface area contributed by atoms with Gasteiger partial charge in [0.1, 0.15) is 23.4 Å². The van der Waals surface area contributed by atoms with Gasteiger partial charge in [0.2, 0.25) is 5.82 Å². The number of nitro groups is 1. The maximum atomic E-state index is 13.6. The molecule has 8 nitrogen and oxygen atoms in total. The number of pyridine rings is 1. The molecule has 0 spiro atoms. The molecule has 0 radical (unpaired) electrons. The number of nitrogens with one attached hydrogen (secondary N) is 1. The van der Waals surface area contributed by atoms with Gasteiger partial charge in [0, 0.05) is 12.2 Å². The lowest BCUT2D eigenvalue weighted by molar-refractivity contribution is -0.384. The highest BCUT2D eigenvalue weighted by Crippen LogP contribution is 2.28. The average Bonchev–Trinajstić information content (AvgIpc) is 3.05. The monoisotopic (exact) mass is 356 g/mol. The van der Waals surface area contributed by atoms with Crippen molar-refractivity contribution < 1.29 is 9.31 Å². The second-order valence-electron chi connectivity index (χ2n) is 6.38. The molecule has 0 aliphatic heterocycles. The topological polar surface area (TPSA) is 98.2 Å². The second-order valence-corrected chi connectivity index (χ2v) is 6.38. The minimum Gasteiger partial charge on any atom is -0.361 e. The SMILES string of the molecule is O=[N+]([O-])c1cnc(-c2cnc3ccc(F)cn23)nc1NC1CCCCC1. The van der Waals surface area contributed by atoms with Crippen LogP contribution in [0.25, 0.3) is 17.2 Å². The highest BCUT2D eigenvalue weighted by atomic mass is 19.1. The lowest BCUT2D eigenvalue weighted by Crippen LogP contribution is -2.23. The summed E-state index contributed by atoms with van der Waals surface area (Å²) >= 11 is 0. The van der Waals surface area contributed by atoms with Crippen molar-refractivity contribution in [3.8, 4) is 11.5 Å². The van der Waals surface area contributed by atoms with Gasteiger partial charge in [0.05, 0.1) is 11.1 Å². The normalized spacial score (nSPS) is 15.3. The zero-order valence-corrected chi connectivity index (χ0v) is 13.9. The molecule has 0 aromatic carbocycles. The van der Waals surface area contributed by atoms with Crippen LogP contribution in [0.1, 0.15) is 32.1 Å². The molecule has 0 amide bonds. The van der Waals surface area contributed by atoms with Gasteiger partial charge in [-0.05, 0) is 25.0 Å². The molecule has 134 valence electrons. The maximum Gasteiger partial charge on any atom is 0.329 e. The van der Waals surface area contributed by atoms with Crippen molar-refractivity contribution in [3.63, 3.8) is 0 Å². The van der Waals surface area contributed by atoms with E-state index < -0.39 is 10.7 Å². The van der Waals surface area contributed by atoms with Gasteiger partial charge in [0.25, 0.3) is 0 Å². The average molecular weight is 356 g/mol. The van der Waals surface area contributed by atoms with E-state index in [-0.39, 0.29) is 23.4 Å². The van der Waals surface area contributed by atoms with E-state index in [2.05, 4.69) is 20.3 Å². The Labute approximate surface area is 148 Å². The van der Waals surface area contributed by atoms with Crippen molar-refractivity contribution in [2.45, 2.75) is 38.1 Å². The molecule has 4 rings (SSSR count). The van der Waals surface area contributed by atoms with Crippen LogP contribution < -0.4 is 5.32 Å². The summed E-state index contributed by atoms with van der Waals surface area (Å²) in [7, 11) is 0. The van der Waals surface area contributed by atoms with E-state index in [1.807, 2.05) is 0 Å². The molecule has 0 saturated heterocycles. The van der Waals surface area contributed by atoms with Crippen LogP contribution in [0.4, 0.5) is 15.9 Å². The molecule has 26 heavy (non-hydrogen) atoms. The number of rotatable bonds is 4. The fourth-order valence-electron chi connectivity index (χ4n) is 3.30. The highest BCUT2D eigenvalue weighted by molar-refractivity contribution is 5.63. The molecule has 1 N–H and O–H groups in total. The van der Waals surface area contributed by atoms with Crippen molar-refractivity contribution in [1.82, 2.24) is 19.4 Å². The van der Waals surface area contributed by atoms with Crippen LogP contribution in [0.2, 0.25) is 0 Å². The Morgan fingerprint density at radius 3 is 2.77 bits per heavy atom. The predicted molar refractivity (Wildman–Crippen MR) is 93.3 cm³/mol. The van der Waals surface area contributed by atoms with Crippen LogP contribution in [0.3, 0.4) is 0 Å². The first kappa shape index (κ1) is 16.4. The lowest BCUT2D eigenvalue weighted by Gasteiger charge is -2.23. The number of nitrogens with zero attached hydrogens (tertiary/aromatic N) is 5. The third-order valence-electron chi connectivity index (χ3n) is 4.61. The van der Waals surface area contributed by atoms with Gasteiger partial charge in [-0.3, -0.25) is 14.5 Å². The van der Waals surface area contributed by atoms with Gasteiger partial charge >= 0.3 is 5.69 Å². The zero-order valence-electron chi connectivity index (χ0n) is 13.9. The minimum atomic E-state index is -0.497. The Morgan fingerprint density at radius 2 is 2.00 bits per heavy atom. The first-order valence-electron chi connectivity index (χ1n) is 8.53. The van der Waals surface area contributed by atoms with Crippen molar-refractivity contribution >= 4 is 17.2 Å². The molecule has 0 bridgehead atoms. The summed E-state index contributed by atoms with van der Waals surface area (Å²) < 4.78 is 15.1. The number of hydrogen-bond donors (Lipinski definition) is 1. The van der Waals surface area contributed by atoms with Crippen LogP contribution in [0, 0.1) is 15.9 Å². The quantitative estimate of drug-likeness (QED) is 0.567. The molecule has 3 aromatic heterocycles. The summed E-state index contributed by atoms with van der Waals surface area (Å²) in [6.07, 6.45) is 9.28. The van der Waals surface area contributed by atoms with E-state index in [1.165, 1.54) is 35.5 Å². The Balaban J connectivity index is 1.75. The third-order valence-corrected chi connectivity index (χ3v) is 4.61. The molecular formula is C17H17FN6O2. The maximum absolute atomic E-state index is 13.6. The fourth-order valence-corrected chi connectivity index (χ4v) is 3.30. The number of fused-ring (bicyclic) bond motifs is 1. The van der Waals surface area contributed by atoms with E-state index in [4.69, 9.17) is 0 Å². The summed E-state index contributed by atoms with van der Waals surface area (Å²) in [4.78, 5) is 23.5. The number of aromatic nitrogens is 4. The van der Waals surface area contributed by atoms with Crippen molar-refractivity contribution in [2.24, 2.45) is 0 Å². The number of anilines is 1. The molecule has 0 atom stereocenters. The molecule has 1 saturated carbocycles. The van der Waals surface area contributed by atoms with E-state index in [1.54, 1.807) is 6.07 Å². The van der Waals surface area contributed by atoms with Crippen LogP contribution in [0.15, 0.2) is 30.7 Å². The van der Waals surface area contributed by atoms with E-state index in [0.717, 1.165) is 25.7 Å². The Kier molecular flexibility index (Phi) is 4.19. The van der Waals surface area contributed by atoms with Gasteiger partial charge in [-0.2, -0.15) is 0 Å². The minimum absolute atomic E-state index is 0.157. The summed E-state index contributed by atoms with van der Waals surface area (Å²) in [5.74, 6) is 0.0319. The van der Waals surface area contributed by atoms with Crippen molar-refractivity contribution in [2.75, 3.05) is 5.32 Å². The zero-order chi connectivity index (χ0) is 18.1. The smallest absolute Gasteiger partial charge is 0.329 e. The van der Waals surface area contributed by atoms with E-state index in [9.17, 15) is 14.5 Å². The molecule has 1 fully saturated rings. The van der Waals surface area contributed by atoms with Crippen LogP contribution in [0.5, 0.6) is 0 Å². The van der Waals surface area contributed by atoms with Gasteiger partial charge in [0.15, 0.2) is 5.82 Å². The number of hydrogen-bond acceptors (Lipinski definition) is 6. The summed E-state index contributed by atoms with van der Waals surface area (Å²) in [6.45, 7) is 0. The van der Waals surface area contributed by atoms with E-state index >= 15 is 0 Å². The van der Waals surface area contributed by atoms with Crippen molar-refractivity contribution in [1.29, 1.82) is 0 Å². The lowest BCUT2D eigenvalue weighted by atomic mass is 9.95. The molecule has 3 aromatic rings. The van der Waals surface area contributed by atoms with Gasteiger partial charge in [-0.25, -0.2) is 19.3 Å². The largest absolute Gasteiger partial charge is 0.361 e. The van der Waals surface area contributed by atoms with Crippen molar-refractivity contribution in [3.05, 3.63) is 46.7 Å². The summed E-state index contributed by atoms with van der Waals surface area (Å²) in [5, 5.41) is 14.5. The van der Waals surface area contributed by atoms with E-state index in [0.29, 0.717) is 11.3 Å². The first-order valence-corrected chi connectivity index (χ1v) is 8.53. The summed E-state index contributed by atoms with van der Waals surface area (Å²) in [6, 6.07) is 3.02. The Morgan fingerprint density at radius 1 is 1.19 bits per heavy atom. The molecule has 1 aliphatic carbocycles. The number of imidazole rings is 1. The Hall–Kier alpha value is -3.10. The molecule has 9 heteroatoms.